The molecule has 1 N–H and O–H groups in total. The fourth-order valence-electron chi connectivity index (χ4n) is 3.31. The van der Waals surface area contributed by atoms with Crippen molar-refractivity contribution in [3.63, 3.8) is 0 Å². The first-order chi connectivity index (χ1) is 17.3. The van der Waals surface area contributed by atoms with Crippen molar-refractivity contribution in [1.82, 2.24) is 4.90 Å². The van der Waals surface area contributed by atoms with Crippen molar-refractivity contribution in [3.05, 3.63) is 92.8 Å². The first kappa shape index (κ1) is 25.6. The quantitative estimate of drug-likeness (QED) is 0.338. The highest BCUT2D eigenvalue weighted by Gasteiger charge is 2.36. The molecular weight excluding hydrogens is 523 g/mol. The smallest absolute Gasteiger partial charge is 0.294 e. The maximum Gasteiger partial charge on any atom is 0.294 e. The van der Waals surface area contributed by atoms with Crippen LogP contribution in [0.2, 0.25) is 10.0 Å². The number of imide groups is 1. The van der Waals surface area contributed by atoms with Gasteiger partial charge in [-0.15, -0.1) is 0 Å². The Balaban J connectivity index is 1.36. The lowest BCUT2D eigenvalue weighted by Gasteiger charge is -2.13. The number of rotatable bonds is 8. The van der Waals surface area contributed by atoms with E-state index in [4.69, 9.17) is 32.7 Å². The number of anilines is 1. The summed E-state index contributed by atoms with van der Waals surface area (Å²) >= 11 is 13.0. The van der Waals surface area contributed by atoms with Crippen LogP contribution in [0, 0.1) is 0 Å². The van der Waals surface area contributed by atoms with Gasteiger partial charge in [-0.1, -0.05) is 53.5 Å². The van der Waals surface area contributed by atoms with Crippen LogP contribution in [0.3, 0.4) is 0 Å². The zero-order chi connectivity index (χ0) is 25.7. The summed E-state index contributed by atoms with van der Waals surface area (Å²) in [5.41, 5.74) is 2.00. The van der Waals surface area contributed by atoms with Gasteiger partial charge in [0.15, 0.2) is 0 Å². The van der Waals surface area contributed by atoms with Crippen molar-refractivity contribution in [2.45, 2.75) is 6.61 Å². The topological polar surface area (TPSA) is 84.9 Å². The fourth-order valence-corrected chi connectivity index (χ4v) is 4.60. The molecule has 1 saturated heterocycles. The molecule has 10 heteroatoms. The molecule has 0 saturated carbocycles. The molecular formula is C26H20Cl2N2O5S. The molecule has 4 rings (SSSR count). The van der Waals surface area contributed by atoms with E-state index in [1.807, 2.05) is 18.2 Å². The molecule has 0 bridgehead atoms. The SMILES string of the molecule is COc1ccc(NC(=O)CN2C(=O)S/C(=C/c3ccc(OCc4ccccc4Cl)cc3)C2=O)cc1Cl. The predicted octanol–water partition coefficient (Wildman–Crippen LogP) is 6.26. The van der Waals surface area contributed by atoms with E-state index in [0.29, 0.717) is 39.4 Å². The number of carbonyl (C=O) groups excluding carboxylic acids is 3. The molecule has 1 heterocycles. The summed E-state index contributed by atoms with van der Waals surface area (Å²) in [6.45, 7) is -0.0941. The molecule has 0 spiro atoms. The molecule has 3 aromatic carbocycles. The minimum absolute atomic E-state index is 0.227. The normalized spacial score (nSPS) is 14.3. The Bertz CT molecular complexity index is 1340. The summed E-state index contributed by atoms with van der Waals surface area (Å²) in [6.07, 6.45) is 1.60. The van der Waals surface area contributed by atoms with Crippen LogP contribution in [0.5, 0.6) is 11.5 Å². The average Bonchev–Trinajstić information content (AvgIpc) is 3.11. The van der Waals surface area contributed by atoms with Gasteiger partial charge in [0.1, 0.15) is 24.7 Å². The van der Waals surface area contributed by atoms with Crippen LogP contribution in [0.4, 0.5) is 10.5 Å². The van der Waals surface area contributed by atoms with E-state index in [1.54, 1.807) is 48.5 Å². The highest BCUT2D eigenvalue weighted by molar-refractivity contribution is 8.18. The molecule has 0 unspecified atom stereocenters. The van der Waals surface area contributed by atoms with Crippen LogP contribution >= 0.6 is 35.0 Å². The lowest BCUT2D eigenvalue weighted by molar-refractivity contribution is -0.127. The number of ether oxygens (including phenoxy) is 2. The molecule has 36 heavy (non-hydrogen) atoms. The molecule has 0 radical (unpaired) electrons. The van der Waals surface area contributed by atoms with E-state index in [9.17, 15) is 14.4 Å². The van der Waals surface area contributed by atoms with E-state index in [-0.39, 0.29) is 4.91 Å². The van der Waals surface area contributed by atoms with Crippen molar-refractivity contribution in [3.8, 4) is 11.5 Å². The van der Waals surface area contributed by atoms with Crippen molar-refractivity contribution in [2.75, 3.05) is 19.0 Å². The van der Waals surface area contributed by atoms with Crippen LogP contribution in [0.25, 0.3) is 6.08 Å². The maximum atomic E-state index is 12.8. The molecule has 0 atom stereocenters. The number of hydrogen-bond acceptors (Lipinski definition) is 6. The summed E-state index contributed by atoms with van der Waals surface area (Å²) in [6, 6.07) is 19.2. The fraction of sp³-hybridized carbons (Fsp3) is 0.115. The van der Waals surface area contributed by atoms with E-state index in [0.717, 1.165) is 22.2 Å². The minimum Gasteiger partial charge on any atom is -0.495 e. The van der Waals surface area contributed by atoms with Gasteiger partial charge in [0.05, 0.1) is 17.0 Å². The number of thioether (sulfide) groups is 1. The Labute approximate surface area is 222 Å². The highest BCUT2D eigenvalue weighted by Crippen LogP contribution is 2.33. The molecule has 3 amide bonds. The van der Waals surface area contributed by atoms with Crippen molar-refractivity contribution in [1.29, 1.82) is 0 Å². The molecule has 7 nitrogen and oxygen atoms in total. The van der Waals surface area contributed by atoms with Crippen molar-refractivity contribution in [2.24, 2.45) is 0 Å². The molecule has 3 aromatic rings. The third-order valence-corrected chi connectivity index (χ3v) is 6.71. The molecule has 1 aliphatic rings. The summed E-state index contributed by atoms with van der Waals surface area (Å²) in [4.78, 5) is 38.7. The van der Waals surface area contributed by atoms with Crippen LogP contribution in [0.1, 0.15) is 11.1 Å². The van der Waals surface area contributed by atoms with E-state index in [2.05, 4.69) is 5.32 Å². The van der Waals surface area contributed by atoms with Gasteiger partial charge in [-0.25, -0.2) is 0 Å². The van der Waals surface area contributed by atoms with Gasteiger partial charge in [0, 0.05) is 16.3 Å². The van der Waals surface area contributed by atoms with Crippen molar-refractivity contribution < 1.29 is 23.9 Å². The molecule has 184 valence electrons. The Kier molecular flexibility index (Phi) is 8.20. The number of nitrogens with one attached hydrogen (secondary N) is 1. The van der Waals surface area contributed by atoms with Gasteiger partial charge in [-0.3, -0.25) is 19.3 Å². The van der Waals surface area contributed by atoms with Crippen molar-refractivity contribution >= 4 is 63.8 Å². The van der Waals surface area contributed by atoms with E-state index in [1.165, 1.54) is 13.2 Å². The number of halogens is 2. The van der Waals surface area contributed by atoms with E-state index >= 15 is 0 Å². The van der Waals surface area contributed by atoms with Crippen LogP contribution in [-0.4, -0.2) is 35.6 Å². The molecule has 0 aromatic heterocycles. The molecule has 1 fully saturated rings. The van der Waals surface area contributed by atoms with Gasteiger partial charge < -0.3 is 14.8 Å². The first-order valence-corrected chi connectivity index (χ1v) is 12.3. The lowest BCUT2D eigenvalue weighted by Crippen LogP contribution is -2.36. The van der Waals surface area contributed by atoms with Gasteiger partial charge in [-0.05, 0) is 59.8 Å². The third kappa shape index (κ3) is 6.20. The van der Waals surface area contributed by atoms with Crippen LogP contribution in [-0.2, 0) is 16.2 Å². The summed E-state index contributed by atoms with van der Waals surface area (Å²) in [7, 11) is 1.48. The molecule has 0 aliphatic carbocycles. The maximum absolute atomic E-state index is 12.8. The highest BCUT2D eigenvalue weighted by atomic mass is 35.5. The Morgan fingerprint density at radius 3 is 2.47 bits per heavy atom. The summed E-state index contributed by atoms with van der Waals surface area (Å²) in [5, 5.41) is 3.06. The standard InChI is InChI=1S/C26H20Cl2N2O5S/c1-34-22-11-8-18(13-21(22)28)29-24(31)14-30-25(32)23(36-26(30)33)12-16-6-9-19(10-7-16)35-15-17-4-2-3-5-20(17)27/h2-13H,14-15H2,1H3,(H,29,31)/b23-12+. The lowest BCUT2D eigenvalue weighted by atomic mass is 10.2. The number of methoxy groups -OCH3 is 1. The van der Waals surface area contributed by atoms with Gasteiger partial charge >= 0.3 is 0 Å². The Hall–Kier alpha value is -3.46. The monoisotopic (exact) mass is 542 g/mol. The predicted molar refractivity (Wildman–Crippen MR) is 142 cm³/mol. The number of amides is 3. The molecule has 1 aliphatic heterocycles. The second kappa shape index (κ2) is 11.5. The Morgan fingerprint density at radius 2 is 1.78 bits per heavy atom. The van der Waals surface area contributed by atoms with Gasteiger partial charge in [0.2, 0.25) is 5.91 Å². The second-order valence-electron chi connectivity index (χ2n) is 7.61. The summed E-state index contributed by atoms with van der Waals surface area (Å²) < 4.78 is 10.8. The Morgan fingerprint density at radius 1 is 1.03 bits per heavy atom. The minimum atomic E-state index is -0.535. The number of hydrogen-bond donors (Lipinski definition) is 1. The average molecular weight is 543 g/mol. The number of carbonyl (C=O) groups is 3. The van der Waals surface area contributed by atoms with Crippen LogP contribution in [0.15, 0.2) is 71.6 Å². The first-order valence-electron chi connectivity index (χ1n) is 10.7. The second-order valence-corrected chi connectivity index (χ2v) is 9.42. The zero-order valence-corrected chi connectivity index (χ0v) is 21.3. The summed E-state index contributed by atoms with van der Waals surface area (Å²) in [5.74, 6) is 0.0353. The number of nitrogens with zero attached hydrogens (tertiary/aromatic N) is 1. The van der Waals surface area contributed by atoms with Crippen LogP contribution < -0.4 is 14.8 Å². The third-order valence-electron chi connectivity index (χ3n) is 5.14. The van der Waals surface area contributed by atoms with E-state index < -0.39 is 23.6 Å². The zero-order valence-electron chi connectivity index (χ0n) is 19.0. The largest absolute Gasteiger partial charge is 0.495 e. The number of benzene rings is 3. The van der Waals surface area contributed by atoms with Gasteiger partial charge in [-0.2, -0.15) is 0 Å². The van der Waals surface area contributed by atoms with Gasteiger partial charge in [0.25, 0.3) is 11.1 Å².